The van der Waals surface area contributed by atoms with Crippen molar-refractivity contribution in [2.45, 2.75) is 45.3 Å². The second-order valence-corrected chi connectivity index (χ2v) is 5.46. The third kappa shape index (κ3) is 3.44. The Hall–Kier alpha value is -1.07. The summed E-state index contributed by atoms with van der Waals surface area (Å²) in [7, 11) is 0. The van der Waals surface area contributed by atoms with E-state index in [4.69, 9.17) is 5.84 Å². The van der Waals surface area contributed by atoms with E-state index in [9.17, 15) is 0 Å². The molecule has 1 saturated carbocycles. The fourth-order valence-electron chi connectivity index (χ4n) is 1.78. The number of hydrogen-bond donors (Lipinski definition) is 2. The number of rotatable bonds is 4. The van der Waals surface area contributed by atoms with Crippen LogP contribution < -0.4 is 11.3 Å². The van der Waals surface area contributed by atoms with Crippen molar-refractivity contribution in [1.82, 2.24) is 10.3 Å². The Labute approximate surface area is 107 Å². The molecule has 5 heteroatoms. The van der Waals surface area contributed by atoms with Crippen LogP contribution in [0.3, 0.4) is 0 Å². The molecule has 0 saturated heterocycles. The van der Waals surface area contributed by atoms with E-state index in [1.807, 2.05) is 0 Å². The highest BCUT2D eigenvalue weighted by Gasteiger charge is 2.31. The van der Waals surface area contributed by atoms with Crippen molar-refractivity contribution >= 4 is 17.3 Å². The van der Waals surface area contributed by atoms with Crippen molar-refractivity contribution in [3.05, 3.63) is 22.4 Å². The van der Waals surface area contributed by atoms with Crippen molar-refractivity contribution in [2.24, 2.45) is 10.8 Å². The summed E-state index contributed by atoms with van der Waals surface area (Å²) in [4.78, 5) is 6.83. The van der Waals surface area contributed by atoms with Crippen molar-refractivity contribution in [2.75, 3.05) is 0 Å². The van der Waals surface area contributed by atoms with Gasteiger partial charge in [0.05, 0.1) is 0 Å². The molecular formula is C12H20N4S. The Kier molecular flexibility index (Phi) is 4.02. The highest BCUT2D eigenvalue weighted by molar-refractivity contribution is 7.07. The molecule has 4 nitrogen and oxygen atoms in total. The fourth-order valence-corrected chi connectivity index (χ4v) is 2.44. The Morgan fingerprint density at radius 3 is 2.88 bits per heavy atom. The summed E-state index contributed by atoms with van der Waals surface area (Å²) < 4.78 is 0. The number of thiophene rings is 1. The third-order valence-electron chi connectivity index (χ3n) is 2.70. The maximum Gasteiger partial charge on any atom is 0.209 e. The van der Waals surface area contributed by atoms with Crippen LogP contribution in [0.5, 0.6) is 0 Å². The molecule has 0 atom stereocenters. The van der Waals surface area contributed by atoms with E-state index in [-0.39, 0.29) is 6.04 Å². The first-order valence-electron chi connectivity index (χ1n) is 6.03. The smallest absolute Gasteiger partial charge is 0.209 e. The number of nitrogens with one attached hydrogen (secondary N) is 1. The summed E-state index contributed by atoms with van der Waals surface area (Å²) in [5.74, 6) is 6.41. The molecule has 0 aromatic carbocycles. The molecule has 94 valence electrons. The van der Waals surface area contributed by atoms with Gasteiger partial charge in [-0.25, -0.2) is 10.8 Å². The molecule has 1 fully saturated rings. The summed E-state index contributed by atoms with van der Waals surface area (Å²) >= 11 is 1.73. The lowest BCUT2D eigenvalue weighted by Gasteiger charge is -2.25. The number of aliphatic imine (C=N–C) groups is 1. The van der Waals surface area contributed by atoms with E-state index in [1.54, 1.807) is 11.3 Å². The molecule has 1 aromatic heterocycles. The van der Waals surface area contributed by atoms with Crippen LogP contribution in [0.4, 0.5) is 0 Å². The first kappa shape index (κ1) is 12.4. The van der Waals surface area contributed by atoms with Crippen molar-refractivity contribution in [1.29, 1.82) is 0 Å². The summed E-state index contributed by atoms with van der Waals surface area (Å²) in [6.45, 7) is 5.02. The second kappa shape index (κ2) is 5.51. The molecule has 0 aliphatic heterocycles. The van der Waals surface area contributed by atoms with Gasteiger partial charge >= 0.3 is 0 Å². The number of nitrogens with zero attached hydrogens (tertiary/aromatic N) is 2. The highest BCUT2D eigenvalue weighted by atomic mass is 32.1. The number of hydrogen-bond acceptors (Lipinski definition) is 3. The van der Waals surface area contributed by atoms with Crippen LogP contribution in [0.15, 0.2) is 21.8 Å². The van der Waals surface area contributed by atoms with Gasteiger partial charge in [0.1, 0.15) is 0 Å². The summed E-state index contributed by atoms with van der Waals surface area (Å²) in [6.07, 6.45) is 2.48. The molecule has 1 aliphatic rings. The van der Waals surface area contributed by atoms with Crippen LogP contribution in [-0.4, -0.2) is 22.9 Å². The SMILES string of the molecule is CC(C)N=C(NN)N(Cc1ccsc1)C1CC1. The van der Waals surface area contributed by atoms with Gasteiger partial charge in [0.25, 0.3) is 0 Å². The van der Waals surface area contributed by atoms with Crippen LogP contribution in [-0.2, 0) is 6.54 Å². The minimum atomic E-state index is 0.254. The predicted molar refractivity (Wildman–Crippen MR) is 72.8 cm³/mol. The van der Waals surface area contributed by atoms with Crippen LogP contribution in [0.25, 0.3) is 0 Å². The number of guanidine groups is 1. The van der Waals surface area contributed by atoms with E-state index >= 15 is 0 Å². The molecule has 2 rings (SSSR count). The topological polar surface area (TPSA) is 53.6 Å². The maximum absolute atomic E-state index is 5.60. The normalized spacial score (nSPS) is 16.4. The average molecular weight is 252 g/mol. The third-order valence-corrected chi connectivity index (χ3v) is 3.43. The second-order valence-electron chi connectivity index (χ2n) is 4.68. The molecule has 1 aromatic rings. The van der Waals surface area contributed by atoms with Crippen LogP contribution in [0, 0.1) is 0 Å². The van der Waals surface area contributed by atoms with E-state index in [0.29, 0.717) is 6.04 Å². The molecule has 0 bridgehead atoms. The lowest BCUT2D eigenvalue weighted by atomic mass is 10.3. The standard InChI is InChI=1S/C12H20N4S/c1-9(2)14-12(15-13)16(11-3-4-11)7-10-5-6-17-8-10/h5-6,8-9,11H,3-4,7,13H2,1-2H3,(H,14,15). The van der Waals surface area contributed by atoms with E-state index < -0.39 is 0 Å². The van der Waals surface area contributed by atoms with Gasteiger partial charge in [-0.15, -0.1) is 0 Å². The summed E-state index contributed by atoms with van der Waals surface area (Å²) in [5.41, 5.74) is 4.07. The lowest BCUT2D eigenvalue weighted by Crippen LogP contribution is -2.46. The Morgan fingerprint density at radius 2 is 2.41 bits per heavy atom. The van der Waals surface area contributed by atoms with Gasteiger partial charge < -0.3 is 4.90 Å². The van der Waals surface area contributed by atoms with Gasteiger partial charge in [-0.3, -0.25) is 5.43 Å². The first-order valence-corrected chi connectivity index (χ1v) is 6.97. The van der Waals surface area contributed by atoms with Gasteiger partial charge in [0.2, 0.25) is 5.96 Å². The highest BCUT2D eigenvalue weighted by Crippen LogP contribution is 2.28. The molecule has 0 spiro atoms. The predicted octanol–water partition coefficient (Wildman–Crippen LogP) is 1.94. The zero-order valence-corrected chi connectivity index (χ0v) is 11.2. The molecule has 3 N–H and O–H groups in total. The lowest BCUT2D eigenvalue weighted by molar-refractivity contribution is 0.385. The fraction of sp³-hybridized carbons (Fsp3) is 0.583. The van der Waals surface area contributed by atoms with E-state index in [0.717, 1.165) is 12.5 Å². The monoisotopic (exact) mass is 252 g/mol. The first-order chi connectivity index (χ1) is 8.20. The maximum atomic E-state index is 5.60. The summed E-state index contributed by atoms with van der Waals surface area (Å²) in [5, 5.41) is 4.29. The molecule has 1 aliphatic carbocycles. The van der Waals surface area contributed by atoms with Gasteiger partial charge in [-0.2, -0.15) is 11.3 Å². The van der Waals surface area contributed by atoms with E-state index in [2.05, 4.69) is 46.0 Å². The zero-order valence-electron chi connectivity index (χ0n) is 10.4. The molecular weight excluding hydrogens is 232 g/mol. The number of nitrogens with two attached hydrogens (primary N) is 1. The van der Waals surface area contributed by atoms with Gasteiger partial charge in [-0.05, 0) is 49.1 Å². The van der Waals surface area contributed by atoms with Crippen LogP contribution in [0.1, 0.15) is 32.3 Å². The molecule has 17 heavy (non-hydrogen) atoms. The minimum absolute atomic E-state index is 0.254. The zero-order chi connectivity index (χ0) is 12.3. The molecule has 0 unspecified atom stereocenters. The molecule has 0 radical (unpaired) electrons. The Morgan fingerprint density at radius 1 is 1.65 bits per heavy atom. The average Bonchev–Trinajstić information content (AvgIpc) is 3.01. The quantitative estimate of drug-likeness (QED) is 0.373. The largest absolute Gasteiger partial charge is 0.335 e. The summed E-state index contributed by atoms with van der Waals surface area (Å²) in [6, 6.07) is 3.01. The Bertz CT molecular complexity index is 368. The van der Waals surface area contributed by atoms with Crippen LogP contribution in [0.2, 0.25) is 0 Å². The number of hydrazine groups is 1. The van der Waals surface area contributed by atoms with Gasteiger partial charge in [0, 0.05) is 18.6 Å². The van der Waals surface area contributed by atoms with Crippen molar-refractivity contribution in [3.63, 3.8) is 0 Å². The van der Waals surface area contributed by atoms with Crippen LogP contribution >= 0.6 is 11.3 Å². The van der Waals surface area contributed by atoms with Crippen molar-refractivity contribution < 1.29 is 0 Å². The Balaban J connectivity index is 2.10. The van der Waals surface area contributed by atoms with E-state index in [1.165, 1.54) is 18.4 Å². The van der Waals surface area contributed by atoms with Crippen molar-refractivity contribution in [3.8, 4) is 0 Å². The molecule has 0 amide bonds. The van der Waals surface area contributed by atoms with Gasteiger partial charge in [0.15, 0.2) is 0 Å². The van der Waals surface area contributed by atoms with Gasteiger partial charge in [-0.1, -0.05) is 0 Å². The minimum Gasteiger partial charge on any atom is -0.335 e. The molecule has 1 heterocycles.